The lowest BCUT2D eigenvalue weighted by Gasteiger charge is -2.25. The summed E-state index contributed by atoms with van der Waals surface area (Å²) in [5.41, 5.74) is 12.4. The molecule has 0 aliphatic heterocycles. The quantitative estimate of drug-likeness (QED) is 0.129. The van der Waals surface area contributed by atoms with Gasteiger partial charge in [0.2, 0.25) is 0 Å². The Balaban J connectivity index is 1.23. The molecule has 7 aromatic carbocycles. The second kappa shape index (κ2) is 15.8. The Morgan fingerprint density at radius 2 is 0.667 bits per heavy atom. The molecule has 0 spiro atoms. The summed E-state index contributed by atoms with van der Waals surface area (Å²) in [7, 11) is 3.38. The van der Waals surface area contributed by atoms with Crippen molar-refractivity contribution in [3.8, 4) is 11.5 Å². The van der Waals surface area contributed by atoms with Crippen LogP contribution in [0.4, 0.5) is 17.1 Å². The van der Waals surface area contributed by atoms with Gasteiger partial charge in [0.05, 0.1) is 14.2 Å². The van der Waals surface area contributed by atoms with Crippen LogP contribution in [0.2, 0.25) is 0 Å². The van der Waals surface area contributed by atoms with E-state index < -0.39 is 0 Å². The van der Waals surface area contributed by atoms with E-state index in [9.17, 15) is 0 Å². The van der Waals surface area contributed by atoms with Gasteiger partial charge in [-0.2, -0.15) is 0 Å². The minimum Gasteiger partial charge on any atom is -0.497 e. The van der Waals surface area contributed by atoms with E-state index in [0.717, 1.165) is 56.4 Å². The molecule has 0 atom stereocenters. The number of ether oxygens (including phenoxy) is 2. The molecule has 0 aliphatic rings. The highest BCUT2D eigenvalue weighted by atomic mass is 16.5. The van der Waals surface area contributed by atoms with Crippen LogP contribution in [0.25, 0.3) is 23.3 Å². The van der Waals surface area contributed by atoms with Crippen LogP contribution in [0.5, 0.6) is 11.5 Å². The minimum absolute atomic E-state index is 0.829. The highest BCUT2D eigenvalue weighted by molar-refractivity contribution is 5.93. The topological polar surface area (TPSA) is 21.7 Å². The summed E-state index contributed by atoms with van der Waals surface area (Å²) in [5, 5.41) is 0. The van der Waals surface area contributed by atoms with Crippen molar-refractivity contribution in [1.82, 2.24) is 0 Å². The van der Waals surface area contributed by atoms with Crippen LogP contribution in [-0.4, -0.2) is 14.2 Å². The minimum atomic E-state index is 0.829. The van der Waals surface area contributed by atoms with Gasteiger partial charge in [-0.05, 0) is 117 Å². The number of para-hydroxylation sites is 1. The van der Waals surface area contributed by atoms with Crippen molar-refractivity contribution < 1.29 is 9.47 Å². The third kappa shape index (κ3) is 7.85. The van der Waals surface area contributed by atoms with E-state index in [0.29, 0.717) is 0 Å². The maximum absolute atomic E-state index is 5.43. The van der Waals surface area contributed by atoms with E-state index in [1.54, 1.807) is 14.2 Å². The molecule has 0 heterocycles. The molecule has 0 aliphatic carbocycles. The van der Waals surface area contributed by atoms with E-state index in [-0.39, 0.29) is 0 Å². The van der Waals surface area contributed by atoms with E-state index in [4.69, 9.17) is 9.47 Å². The fourth-order valence-corrected chi connectivity index (χ4v) is 6.24. The molecule has 0 N–H and O–H groups in total. The van der Waals surface area contributed by atoms with E-state index in [1.165, 1.54) is 16.7 Å². The van der Waals surface area contributed by atoms with Gasteiger partial charge in [0.1, 0.15) is 11.5 Å². The van der Waals surface area contributed by atoms with Crippen molar-refractivity contribution in [1.29, 1.82) is 0 Å². The molecule has 0 saturated carbocycles. The lowest BCUT2D eigenvalue weighted by atomic mass is 9.95. The van der Waals surface area contributed by atoms with Crippen LogP contribution in [0.1, 0.15) is 33.4 Å². The van der Waals surface area contributed by atoms with Crippen LogP contribution in [0.3, 0.4) is 0 Å². The Morgan fingerprint density at radius 3 is 1.02 bits per heavy atom. The van der Waals surface area contributed by atoms with Crippen molar-refractivity contribution in [2.24, 2.45) is 0 Å². The summed E-state index contributed by atoms with van der Waals surface area (Å²) in [4.78, 5) is 2.30. The highest BCUT2D eigenvalue weighted by Crippen LogP contribution is 2.36. The SMILES string of the molecule is COc1ccc(C(=Cc2ccc(N(c3ccccc3)c3ccc(C=C(c4ccccc4)c4ccccc4)cc3)cc2)c2ccc(OC)cc2)cc1. The first-order valence-electron chi connectivity index (χ1n) is 17.1. The average Bonchev–Trinajstić information content (AvgIpc) is 3.21. The Morgan fingerprint density at radius 1 is 0.353 bits per heavy atom. The monoisotopic (exact) mass is 661 g/mol. The van der Waals surface area contributed by atoms with Crippen LogP contribution < -0.4 is 14.4 Å². The molecule has 3 heteroatoms. The second-order valence-electron chi connectivity index (χ2n) is 12.2. The van der Waals surface area contributed by atoms with Gasteiger partial charge in [-0.1, -0.05) is 127 Å². The lowest BCUT2D eigenvalue weighted by molar-refractivity contribution is 0.414. The number of methoxy groups -OCH3 is 2. The Bertz CT molecular complexity index is 2110. The number of anilines is 3. The average molecular weight is 662 g/mol. The number of hydrogen-bond acceptors (Lipinski definition) is 3. The predicted octanol–water partition coefficient (Wildman–Crippen LogP) is 12.4. The Kier molecular flexibility index (Phi) is 10.2. The third-order valence-electron chi connectivity index (χ3n) is 8.91. The van der Waals surface area contributed by atoms with Crippen LogP contribution in [-0.2, 0) is 0 Å². The van der Waals surface area contributed by atoms with Crippen molar-refractivity contribution in [3.63, 3.8) is 0 Å². The molecule has 0 bridgehead atoms. The van der Waals surface area contributed by atoms with Crippen molar-refractivity contribution in [2.75, 3.05) is 19.1 Å². The largest absolute Gasteiger partial charge is 0.497 e. The van der Waals surface area contributed by atoms with E-state index >= 15 is 0 Å². The second-order valence-corrected chi connectivity index (χ2v) is 12.2. The molecule has 51 heavy (non-hydrogen) atoms. The van der Waals surface area contributed by atoms with E-state index in [2.05, 4.69) is 181 Å². The van der Waals surface area contributed by atoms with Gasteiger partial charge in [0.25, 0.3) is 0 Å². The molecule has 0 unspecified atom stereocenters. The molecule has 0 amide bonds. The molecular formula is C48H39NO2. The van der Waals surface area contributed by atoms with Gasteiger partial charge in [-0.15, -0.1) is 0 Å². The fraction of sp³-hybridized carbons (Fsp3) is 0.0417. The van der Waals surface area contributed by atoms with Crippen molar-refractivity contribution in [2.45, 2.75) is 0 Å². The van der Waals surface area contributed by atoms with Gasteiger partial charge >= 0.3 is 0 Å². The van der Waals surface area contributed by atoms with Crippen LogP contribution >= 0.6 is 0 Å². The maximum Gasteiger partial charge on any atom is 0.118 e. The standard InChI is InChI=1S/C48H39NO2/c1-50-45-30-22-40(23-31-45)48(41-24-32-46(51-2)33-25-41)35-37-20-28-44(29-21-37)49(42-16-10-5-11-17-42)43-26-18-36(19-27-43)34-47(38-12-6-3-7-13-38)39-14-8-4-9-15-39/h3-35H,1-2H3. The summed E-state index contributed by atoms with van der Waals surface area (Å²) >= 11 is 0. The molecule has 0 aromatic heterocycles. The predicted molar refractivity (Wildman–Crippen MR) is 214 cm³/mol. The first-order chi connectivity index (χ1) is 25.2. The Labute approximate surface area is 301 Å². The Hall–Kier alpha value is -6.58. The number of hydrogen-bond donors (Lipinski definition) is 0. The zero-order valence-corrected chi connectivity index (χ0v) is 28.8. The summed E-state index contributed by atoms with van der Waals surface area (Å²) in [6.07, 6.45) is 4.50. The summed E-state index contributed by atoms with van der Waals surface area (Å²) in [5.74, 6) is 1.66. The first kappa shape index (κ1) is 32.9. The van der Waals surface area contributed by atoms with Crippen LogP contribution in [0.15, 0.2) is 188 Å². The smallest absolute Gasteiger partial charge is 0.118 e. The molecule has 0 fully saturated rings. The van der Waals surface area contributed by atoms with Crippen molar-refractivity contribution >= 4 is 40.4 Å². The summed E-state index contributed by atoms with van der Waals surface area (Å²) < 4.78 is 10.9. The molecule has 0 saturated heterocycles. The van der Waals surface area contributed by atoms with Gasteiger partial charge in [0.15, 0.2) is 0 Å². The lowest BCUT2D eigenvalue weighted by Crippen LogP contribution is -2.09. The maximum atomic E-state index is 5.43. The molecule has 0 radical (unpaired) electrons. The van der Waals surface area contributed by atoms with E-state index in [1.807, 2.05) is 24.3 Å². The van der Waals surface area contributed by atoms with Gasteiger partial charge < -0.3 is 14.4 Å². The van der Waals surface area contributed by atoms with Gasteiger partial charge in [-0.25, -0.2) is 0 Å². The third-order valence-corrected chi connectivity index (χ3v) is 8.91. The van der Waals surface area contributed by atoms with Crippen LogP contribution in [0, 0.1) is 0 Å². The molecule has 7 rings (SSSR count). The summed E-state index contributed by atoms with van der Waals surface area (Å²) in [6, 6.07) is 65.6. The number of nitrogens with zero attached hydrogens (tertiary/aromatic N) is 1. The fourth-order valence-electron chi connectivity index (χ4n) is 6.24. The first-order valence-corrected chi connectivity index (χ1v) is 17.1. The zero-order valence-electron chi connectivity index (χ0n) is 28.8. The summed E-state index contributed by atoms with van der Waals surface area (Å²) in [6.45, 7) is 0. The normalized spacial score (nSPS) is 10.5. The van der Waals surface area contributed by atoms with Crippen molar-refractivity contribution in [3.05, 3.63) is 221 Å². The molecular weight excluding hydrogens is 623 g/mol. The number of rotatable bonds is 11. The van der Waals surface area contributed by atoms with Gasteiger partial charge in [-0.3, -0.25) is 0 Å². The molecule has 7 aromatic rings. The zero-order chi connectivity index (χ0) is 34.8. The number of benzene rings is 7. The molecule has 248 valence electrons. The van der Waals surface area contributed by atoms with Gasteiger partial charge in [0, 0.05) is 17.1 Å². The molecule has 3 nitrogen and oxygen atoms in total. The highest BCUT2D eigenvalue weighted by Gasteiger charge is 2.13.